The summed E-state index contributed by atoms with van der Waals surface area (Å²) in [5.74, 6) is 0.636. The molecule has 2 N–H and O–H groups in total. The number of aliphatic imine (C=N–C) groups is 1. The maximum absolute atomic E-state index is 11.7. The second-order valence-electron chi connectivity index (χ2n) is 3.11. The Balaban J connectivity index is 0.00000225. The quantitative estimate of drug-likeness (QED) is 0.588. The highest BCUT2D eigenvalue weighted by atomic mass is 127. The number of ether oxygens (including phenoxy) is 1. The van der Waals surface area contributed by atoms with Crippen LogP contribution in [0.5, 0.6) is 0 Å². The Bertz CT molecular complexity index is 223. The Labute approximate surface area is 109 Å². The Morgan fingerprint density at radius 2 is 2.19 bits per heavy atom. The van der Waals surface area contributed by atoms with Gasteiger partial charge in [0.15, 0.2) is 5.96 Å². The van der Waals surface area contributed by atoms with Crippen molar-refractivity contribution in [2.45, 2.75) is 12.6 Å². The molecule has 0 bridgehead atoms. The number of halogens is 4. The normalized spacial score (nSPS) is 15.8. The van der Waals surface area contributed by atoms with Crippen LogP contribution in [0.3, 0.4) is 0 Å². The van der Waals surface area contributed by atoms with Gasteiger partial charge in [-0.25, -0.2) is 0 Å². The summed E-state index contributed by atoms with van der Waals surface area (Å²) in [5, 5.41) is 5.84. The molecule has 1 heterocycles. The molecule has 1 aliphatic heterocycles. The SMILES string of the molecule is FC(F)(F)COCCNC1=NCCCN1.I. The van der Waals surface area contributed by atoms with Crippen LogP contribution < -0.4 is 10.6 Å². The minimum Gasteiger partial charge on any atom is -0.370 e. The van der Waals surface area contributed by atoms with E-state index in [1.807, 2.05) is 0 Å². The third-order valence-electron chi connectivity index (χ3n) is 1.70. The lowest BCUT2D eigenvalue weighted by Gasteiger charge is -2.16. The predicted octanol–water partition coefficient (Wildman–Crippen LogP) is 1.12. The Kier molecular flexibility index (Phi) is 7.81. The molecule has 4 nitrogen and oxygen atoms in total. The van der Waals surface area contributed by atoms with Crippen LogP contribution in [0, 0.1) is 0 Å². The van der Waals surface area contributed by atoms with Crippen molar-refractivity contribution in [3.05, 3.63) is 0 Å². The maximum atomic E-state index is 11.7. The molecule has 0 aromatic carbocycles. The van der Waals surface area contributed by atoms with E-state index in [0.29, 0.717) is 12.5 Å². The number of nitrogens with one attached hydrogen (secondary N) is 2. The van der Waals surface area contributed by atoms with Gasteiger partial charge >= 0.3 is 6.18 Å². The van der Waals surface area contributed by atoms with Crippen molar-refractivity contribution in [1.82, 2.24) is 10.6 Å². The van der Waals surface area contributed by atoms with Gasteiger partial charge in [0.1, 0.15) is 6.61 Å². The van der Waals surface area contributed by atoms with Crippen molar-refractivity contribution < 1.29 is 17.9 Å². The Hall–Kier alpha value is -0.250. The van der Waals surface area contributed by atoms with Gasteiger partial charge < -0.3 is 15.4 Å². The number of hydrogen-bond donors (Lipinski definition) is 2. The molecule has 0 saturated heterocycles. The first kappa shape index (κ1) is 15.8. The molecule has 1 rings (SSSR count). The van der Waals surface area contributed by atoms with E-state index in [2.05, 4.69) is 20.4 Å². The molecular weight excluding hydrogens is 338 g/mol. The van der Waals surface area contributed by atoms with Gasteiger partial charge in [-0.15, -0.1) is 24.0 Å². The number of rotatable bonds is 4. The van der Waals surface area contributed by atoms with E-state index in [-0.39, 0.29) is 30.6 Å². The highest BCUT2D eigenvalue weighted by Gasteiger charge is 2.27. The summed E-state index contributed by atoms with van der Waals surface area (Å²) in [4.78, 5) is 4.09. The molecule has 0 aromatic rings. The topological polar surface area (TPSA) is 45.6 Å². The van der Waals surface area contributed by atoms with Gasteiger partial charge in [0.25, 0.3) is 0 Å². The summed E-state index contributed by atoms with van der Waals surface area (Å²) in [6.07, 6.45) is -3.27. The summed E-state index contributed by atoms with van der Waals surface area (Å²) in [7, 11) is 0. The Morgan fingerprint density at radius 1 is 1.44 bits per heavy atom. The van der Waals surface area contributed by atoms with Gasteiger partial charge in [-0.1, -0.05) is 0 Å². The van der Waals surface area contributed by atoms with Crippen LogP contribution in [0.1, 0.15) is 6.42 Å². The molecule has 0 fully saturated rings. The van der Waals surface area contributed by atoms with Crippen LogP contribution in [0.2, 0.25) is 0 Å². The number of guanidine groups is 1. The van der Waals surface area contributed by atoms with Gasteiger partial charge in [-0.05, 0) is 6.42 Å². The van der Waals surface area contributed by atoms with Crippen molar-refractivity contribution in [2.75, 3.05) is 32.8 Å². The standard InChI is InChI=1S/C8H14F3N3O.HI/c9-8(10,11)6-15-5-4-14-7-12-2-1-3-13-7;/h1-6H2,(H2,12,13,14);1H. The largest absolute Gasteiger partial charge is 0.411 e. The van der Waals surface area contributed by atoms with Crippen molar-refractivity contribution in [2.24, 2.45) is 4.99 Å². The fourth-order valence-corrected chi connectivity index (χ4v) is 1.08. The third kappa shape index (κ3) is 7.97. The zero-order valence-corrected chi connectivity index (χ0v) is 11.0. The maximum Gasteiger partial charge on any atom is 0.411 e. The first-order valence-corrected chi connectivity index (χ1v) is 4.74. The molecule has 0 saturated carbocycles. The molecule has 0 aliphatic carbocycles. The molecule has 0 atom stereocenters. The van der Waals surface area contributed by atoms with Crippen LogP contribution in [0.4, 0.5) is 13.2 Å². The van der Waals surface area contributed by atoms with Crippen molar-refractivity contribution in [3.63, 3.8) is 0 Å². The second-order valence-corrected chi connectivity index (χ2v) is 3.11. The summed E-state index contributed by atoms with van der Waals surface area (Å²) in [6.45, 7) is 0.727. The highest BCUT2D eigenvalue weighted by Crippen LogP contribution is 2.13. The van der Waals surface area contributed by atoms with Crippen LogP contribution in [-0.4, -0.2) is 45.0 Å². The van der Waals surface area contributed by atoms with E-state index >= 15 is 0 Å². The van der Waals surface area contributed by atoms with E-state index in [1.165, 1.54) is 0 Å². The van der Waals surface area contributed by atoms with E-state index < -0.39 is 12.8 Å². The van der Waals surface area contributed by atoms with E-state index in [1.54, 1.807) is 0 Å². The average Bonchev–Trinajstić information content (AvgIpc) is 2.17. The molecule has 0 spiro atoms. The minimum atomic E-state index is -4.25. The van der Waals surface area contributed by atoms with Crippen LogP contribution in [0.15, 0.2) is 4.99 Å². The van der Waals surface area contributed by atoms with Crippen LogP contribution in [-0.2, 0) is 4.74 Å². The zero-order chi connectivity index (χ0) is 11.1. The highest BCUT2D eigenvalue weighted by molar-refractivity contribution is 14.0. The number of nitrogens with zero attached hydrogens (tertiary/aromatic N) is 1. The molecule has 0 amide bonds. The lowest BCUT2D eigenvalue weighted by molar-refractivity contribution is -0.173. The Morgan fingerprint density at radius 3 is 2.75 bits per heavy atom. The van der Waals surface area contributed by atoms with E-state index in [4.69, 9.17) is 0 Å². The van der Waals surface area contributed by atoms with E-state index in [9.17, 15) is 13.2 Å². The second kappa shape index (κ2) is 7.93. The van der Waals surface area contributed by atoms with Gasteiger partial charge in [0, 0.05) is 19.6 Å². The average molecular weight is 353 g/mol. The minimum absolute atomic E-state index is 0. The number of hydrogen-bond acceptors (Lipinski definition) is 4. The monoisotopic (exact) mass is 353 g/mol. The summed E-state index contributed by atoms with van der Waals surface area (Å²) in [6, 6.07) is 0. The van der Waals surface area contributed by atoms with Crippen LogP contribution >= 0.6 is 24.0 Å². The third-order valence-corrected chi connectivity index (χ3v) is 1.70. The van der Waals surface area contributed by atoms with Crippen molar-refractivity contribution >= 4 is 29.9 Å². The molecule has 0 aromatic heterocycles. The predicted molar refractivity (Wildman–Crippen MR) is 65.2 cm³/mol. The molecule has 1 aliphatic rings. The molecule has 96 valence electrons. The zero-order valence-electron chi connectivity index (χ0n) is 8.64. The van der Waals surface area contributed by atoms with Crippen molar-refractivity contribution in [3.8, 4) is 0 Å². The molecule has 16 heavy (non-hydrogen) atoms. The van der Waals surface area contributed by atoms with E-state index in [0.717, 1.165) is 19.5 Å². The van der Waals surface area contributed by atoms with Gasteiger partial charge in [0.2, 0.25) is 0 Å². The first-order valence-electron chi connectivity index (χ1n) is 4.74. The fraction of sp³-hybridized carbons (Fsp3) is 0.875. The fourth-order valence-electron chi connectivity index (χ4n) is 1.08. The summed E-state index contributed by atoms with van der Waals surface area (Å²) >= 11 is 0. The number of alkyl halides is 3. The summed E-state index contributed by atoms with van der Waals surface area (Å²) < 4.78 is 39.4. The van der Waals surface area contributed by atoms with Gasteiger partial charge in [-0.2, -0.15) is 13.2 Å². The first-order chi connectivity index (χ1) is 7.08. The van der Waals surface area contributed by atoms with Crippen LogP contribution in [0.25, 0.3) is 0 Å². The summed E-state index contributed by atoms with van der Waals surface area (Å²) in [5.41, 5.74) is 0. The molecule has 0 unspecified atom stereocenters. The molecule has 0 radical (unpaired) electrons. The van der Waals surface area contributed by atoms with Gasteiger partial charge in [0.05, 0.1) is 6.61 Å². The lowest BCUT2D eigenvalue weighted by Crippen LogP contribution is -2.42. The lowest BCUT2D eigenvalue weighted by atomic mass is 10.4. The van der Waals surface area contributed by atoms with Gasteiger partial charge in [-0.3, -0.25) is 4.99 Å². The van der Waals surface area contributed by atoms with Crippen molar-refractivity contribution in [1.29, 1.82) is 0 Å². The molecule has 8 heteroatoms. The molecular formula is C8H15F3IN3O. The smallest absolute Gasteiger partial charge is 0.370 e.